The van der Waals surface area contributed by atoms with Crippen LogP contribution in [0.25, 0.3) is 0 Å². The van der Waals surface area contributed by atoms with Gasteiger partial charge in [0.25, 0.3) is 0 Å². The number of benzene rings is 3. The smallest absolute Gasteiger partial charge is 0.161 e. The minimum Gasteiger partial charge on any atom is -0.496 e. The van der Waals surface area contributed by atoms with Gasteiger partial charge in [0.05, 0.1) is 14.2 Å². The Bertz CT molecular complexity index is 908. The largest absolute Gasteiger partial charge is 0.496 e. The summed E-state index contributed by atoms with van der Waals surface area (Å²) < 4.78 is 16.9. The van der Waals surface area contributed by atoms with Gasteiger partial charge in [0.1, 0.15) is 12.4 Å². The zero-order valence-electron chi connectivity index (χ0n) is 16.7. The molecule has 0 aliphatic heterocycles. The Morgan fingerprint density at radius 2 is 1.43 bits per heavy atom. The van der Waals surface area contributed by atoms with Gasteiger partial charge in [-0.2, -0.15) is 0 Å². The van der Waals surface area contributed by atoms with Gasteiger partial charge < -0.3 is 19.5 Å². The van der Waals surface area contributed by atoms with E-state index in [-0.39, 0.29) is 0 Å². The molecule has 0 amide bonds. The Hall–Kier alpha value is -2.98. The lowest BCUT2D eigenvalue weighted by atomic mass is 10.1. The highest BCUT2D eigenvalue weighted by Crippen LogP contribution is 2.29. The van der Waals surface area contributed by atoms with Crippen LogP contribution in [-0.2, 0) is 19.7 Å². The molecule has 28 heavy (non-hydrogen) atoms. The molecule has 0 atom stereocenters. The normalized spacial score (nSPS) is 10.5. The molecule has 1 N–H and O–H groups in total. The highest BCUT2D eigenvalue weighted by Gasteiger charge is 2.08. The molecule has 4 heteroatoms. The first-order valence-corrected chi connectivity index (χ1v) is 9.38. The van der Waals surface area contributed by atoms with Crippen LogP contribution >= 0.6 is 0 Å². The van der Waals surface area contributed by atoms with Crippen LogP contribution in [-0.4, -0.2) is 14.2 Å². The number of hydrogen-bond acceptors (Lipinski definition) is 4. The van der Waals surface area contributed by atoms with Gasteiger partial charge in [-0.05, 0) is 41.8 Å². The van der Waals surface area contributed by atoms with Crippen molar-refractivity contribution in [2.75, 3.05) is 14.2 Å². The van der Waals surface area contributed by atoms with E-state index in [1.54, 1.807) is 14.2 Å². The SMILES string of the molecule is COc1ccccc1CNCc1ccc(OCc2ccccc2C)c(OC)c1. The Labute approximate surface area is 167 Å². The molecule has 0 unspecified atom stereocenters. The van der Waals surface area contributed by atoms with E-state index in [1.165, 1.54) is 11.1 Å². The molecule has 3 aromatic carbocycles. The van der Waals surface area contributed by atoms with Gasteiger partial charge in [0.15, 0.2) is 11.5 Å². The third kappa shape index (κ3) is 5.05. The van der Waals surface area contributed by atoms with Gasteiger partial charge >= 0.3 is 0 Å². The van der Waals surface area contributed by atoms with Crippen molar-refractivity contribution >= 4 is 0 Å². The third-order valence-electron chi connectivity index (χ3n) is 4.71. The summed E-state index contributed by atoms with van der Waals surface area (Å²) in [7, 11) is 3.36. The topological polar surface area (TPSA) is 39.7 Å². The summed E-state index contributed by atoms with van der Waals surface area (Å²) in [6, 6.07) is 22.3. The number of rotatable bonds is 9. The van der Waals surface area contributed by atoms with Crippen LogP contribution in [0, 0.1) is 6.92 Å². The van der Waals surface area contributed by atoms with Gasteiger partial charge in [-0.3, -0.25) is 0 Å². The molecule has 0 fully saturated rings. The number of hydrogen-bond donors (Lipinski definition) is 1. The number of ether oxygens (including phenoxy) is 3. The predicted octanol–water partition coefficient (Wildman–Crippen LogP) is 4.88. The molecule has 0 saturated heterocycles. The zero-order chi connectivity index (χ0) is 19.8. The Morgan fingerprint density at radius 1 is 0.714 bits per heavy atom. The van der Waals surface area contributed by atoms with Crippen molar-refractivity contribution in [1.82, 2.24) is 5.32 Å². The second-order valence-electron chi connectivity index (χ2n) is 6.62. The predicted molar refractivity (Wildman–Crippen MR) is 112 cm³/mol. The van der Waals surface area contributed by atoms with E-state index in [2.05, 4.69) is 36.5 Å². The lowest BCUT2D eigenvalue weighted by Crippen LogP contribution is -2.13. The van der Waals surface area contributed by atoms with Crippen molar-refractivity contribution in [3.63, 3.8) is 0 Å². The van der Waals surface area contributed by atoms with E-state index in [0.29, 0.717) is 6.61 Å². The highest BCUT2D eigenvalue weighted by atomic mass is 16.5. The van der Waals surface area contributed by atoms with Crippen molar-refractivity contribution < 1.29 is 14.2 Å². The molecule has 0 bridgehead atoms. The molecule has 0 saturated carbocycles. The van der Waals surface area contributed by atoms with E-state index < -0.39 is 0 Å². The summed E-state index contributed by atoms with van der Waals surface area (Å²) in [6.45, 7) is 4.07. The number of nitrogens with one attached hydrogen (secondary N) is 1. The van der Waals surface area contributed by atoms with Gasteiger partial charge in [-0.15, -0.1) is 0 Å². The van der Waals surface area contributed by atoms with Crippen LogP contribution in [0.1, 0.15) is 22.3 Å². The summed E-state index contributed by atoms with van der Waals surface area (Å²) in [5.74, 6) is 2.39. The van der Waals surface area contributed by atoms with Crippen molar-refractivity contribution in [3.8, 4) is 17.2 Å². The highest BCUT2D eigenvalue weighted by molar-refractivity contribution is 5.43. The molecular formula is C24H27NO3. The fraction of sp³-hybridized carbons (Fsp3) is 0.250. The quantitative estimate of drug-likeness (QED) is 0.577. The summed E-state index contributed by atoms with van der Waals surface area (Å²) in [6.07, 6.45) is 0. The van der Waals surface area contributed by atoms with E-state index in [1.807, 2.05) is 42.5 Å². The molecule has 3 aromatic rings. The van der Waals surface area contributed by atoms with Crippen LogP contribution in [0.15, 0.2) is 66.7 Å². The van der Waals surface area contributed by atoms with Crippen molar-refractivity contribution in [1.29, 1.82) is 0 Å². The summed E-state index contributed by atoms with van der Waals surface area (Å²) in [5.41, 5.74) is 4.66. The Kier molecular flexibility index (Phi) is 6.93. The van der Waals surface area contributed by atoms with E-state index in [4.69, 9.17) is 14.2 Å². The van der Waals surface area contributed by atoms with Crippen molar-refractivity contribution in [2.45, 2.75) is 26.6 Å². The third-order valence-corrected chi connectivity index (χ3v) is 4.71. The maximum Gasteiger partial charge on any atom is 0.161 e. The lowest BCUT2D eigenvalue weighted by molar-refractivity contribution is 0.283. The summed E-state index contributed by atoms with van der Waals surface area (Å²) in [5, 5.41) is 3.45. The molecular weight excluding hydrogens is 350 g/mol. The van der Waals surface area contributed by atoms with Crippen LogP contribution in [0.5, 0.6) is 17.2 Å². The monoisotopic (exact) mass is 377 g/mol. The Balaban J connectivity index is 1.60. The molecule has 0 spiro atoms. The molecule has 3 rings (SSSR count). The first-order valence-electron chi connectivity index (χ1n) is 9.38. The Morgan fingerprint density at radius 3 is 2.18 bits per heavy atom. The van der Waals surface area contributed by atoms with Crippen LogP contribution in [0.3, 0.4) is 0 Å². The first-order chi connectivity index (χ1) is 13.7. The fourth-order valence-corrected chi connectivity index (χ4v) is 3.06. The molecule has 0 aliphatic carbocycles. The maximum absolute atomic E-state index is 5.99. The average Bonchev–Trinajstić information content (AvgIpc) is 2.74. The number of methoxy groups -OCH3 is 2. The summed E-state index contributed by atoms with van der Waals surface area (Å²) in [4.78, 5) is 0. The van der Waals surface area contributed by atoms with E-state index >= 15 is 0 Å². The summed E-state index contributed by atoms with van der Waals surface area (Å²) >= 11 is 0. The average molecular weight is 377 g/mol. The van der Waals surface area contributed by atoms with Gasteiger partial charge in [-0.25, -0.2) is 0 Å². The fourth-order valence-electron chi connectivity index (χ4n) is 3.06. The standard InChI is InChI=1S/C24H27NO3/c1-18-8-4-5-10-21(18)17-28-23-13-12-19(14-24(23)27-3)15-25-16-20-9-6-7-11-22(20)26-2/h4-14,25H,15-17H2,1-3H3. The molecule has 0 aliphatic rings. The molecule has 146 valence electrons. The van der Waals surface area contributed by atoms with E-state index in [0.717, 1.165) is 41.5 Å². The van der Waals surface area contributed by atoms with Gasteiger partial charge in [-0.1, -0.05) is 48.5 Å². The minimum absolute atomic E-state index is 0.522. The first kappa shape index (κ1) is 19.8. The van der Waals surface area contributed by atoms with Gasteiger partial charge in [0.2, 0.25) is 0 Å². The lowest BCUT2D eigenvalue weighted by Gasteiger charge is -2.14. The van der Waals surface area contributed by atoms with Crippen LogP contribution in [0.4, 0.5) is 0 Å². The van der Waals surface area contributed by atoms with Crippen molar-refractivity contribution in [2.24, 2.45) is 0 Å². The number of para-hydroxylation sites is 1. The maximum atomic E-state index is 5.99. The van der Waals surface area contributed by atoms with Crippen molar-refractivity contribution in [3.05, 3.63) is 89.0 Å². The van der Waals surface area contributed by atoms with E-state index in [9.17, 15) is 0 Å². The molecule has 0 radical (unpaired) electrons. The second-order valence-corrected chi connectivity index (χ2v) is 6.62. The van der Waals surface area contributed by atoms with Gasteiger partial charge in [0, 0.05) is 18.7 Å². The van der Waals surface area contributed by atoms with Crippen LogP contribution < -0.4 is 19.5 Å². The molecule has 4 nitrogen and oxygen atoms in total. The number of aryl methyl sites for hydroxylation is 1. The molecule has 0 heterocycles. The minimum atomic E-state index is 0.522. The zero-order valence-corrected chi connectivity index (χ0v) is 16.7. The van der Waals surface area contributed by atoms with Crippen LogP contribution in [0.2, 0.25) is 0 Å². The molecule has 0 aromatic heterocycles. The second kappa shape index (κ2) is 9.81.